The van der Waals surface area contributed by atoms with Crippen LogP contribution < -0.4 is 0 Å². The van der Waals surface area contributed by atoms with E-state index in [0.29, 0.717) is 23.0 Å². The summed E-state index contributed by atoms with van der Waals surface area (Å²) in [5.74, 6) is -0.477. The van der Waals surface area contributed by atoms with Crippen LogP contribution in [-0.2, 0) is 16.0 Å². The van der Waals surface area contributed by atoms with E-state index in [9.17, 15) is 9.59 Å². The third-order valence-corrected chi connectivity index (χ3v) is 4.58. The van der Waals surface area contributed by atoms with E-state index < -0.39 is 5.97 Å². The molecule has 1 unspecified atom stereocenters. The SMILES string of the molecule is O=C(O)CCC1CCCN(C(=O)Cc2ccc(Cl)cc2Cl)C1. The zero-order valence-electron chi connectivity index (χ0n) is 12.2. The summed E-state index contributed by atoms with van der Waals surface area (Å²) in [6.07, 6.45) is 2.95. The van der Waals surface area contributed by atoms with E-state index in [1.54, 1.807) is 18.2 Å². The van der Waals surface area contributed by atoms with Crippen molar-refractivity contribution in [3.63, 3.8) is 0 Å². The number of hydrogen-bond donors (Lipinski definition) is 1. The van der Waals surface area contributed by atoms with Crippen molar-refractivity contribution >= 4 is 35.1 Å². The lowest BCUT2D eigenvalue weighted by Gasteiger charge is -2.32. The van der Waals surface area contributed by atoms with Crippen molar-refractivity contribution in [2.24, 2.45) is 5.92 Å². The Morgan fingerprint density at radius 3 is 2.77 bits per heavy atom. The molecule has 0 saturated carbocycles. The van der Waals surface area contributed by atoms with Gasteiger partial charge in [0.2, 0.25) is 5.91 Å². The fraction of sp³-hybridized carbons (Fsp3) is 0.500. The zero-order valence-corrected chi connectivity index (χ0v) is 13.7. The topological polar surface area (TPSA) is 57.6 Å². The number of carbonyl (C=O) groups is 2. The molecule has 1 fully saturated rings. The molecule has 1 aliphatic heterocycles. The Morgan fingerprint density at radius 1 is 1.32 bits per heavy atom. The number of likely N-dealkylation sites (tertiary alicyclic amines) is 1. The van der Waals surface area contributed by atoms with Crippen molar-refractivity contribution < 1.29 is 14.7 Å². The van der Waals surface area contributed by atoms with Gasteiger partial charge in [0.25, 0.3) is 0 Å². The number of carboxylic acid groups (broad SMARTS) is 1. The maximum atomic E-state index is 12.4. The largest absolute Gasteiger partial charge is 0.481 e. The van der Waals surface area contributed by atoms with Gasteiger partial charge in [-0.3, -0.25) is 9.59 Å². The van der Waals surface area contributed by atoms with E-state index in [4.69, 9.17) is 28.3 Å². The van der Waals surface area contributed by atoms with Gasteiger partial charge in [-0.1, -0.05) is 29.3 Å². The number of aliphatic carboxylic acids is 1. The number of rotatable bonds is 5. The second-order valence-corrected chi connectivity index (χ2v) is 6.54. The molecule has 0 radical (unpaired) electrons. The van der Waals surface area contributed by atoms with Crippen molar-refractivity contribution in [2.75, 3.05) is 13.1 Å². The molecule has 0 aliphatic carbocycles. The summed E-state index contributed by atoms with van der Waals surface area (Å²) in [5.41, 5.74) is 0.767. The molecule has 120 valence electrons. The zero-order chi connectivity index (χ0) is 16.1. The van der Waals surface area contributed by atoms with E-state index in [1.807, 2.05) is 4.90 Å². The van der Waals surface area contributed by atoms with E-state index in [2.05, 4.69) is 0 Å². The van der Waals surface area contributed by atoms with Crippen molar-refractivity contribution in [1.29, 1.82) is 0 Å². The molecule has 1 heterocycles. The highest BCUT2D eigenvalue weighted by Crippen LogP contribution is 2.24. The van der Waals surface area contributed by atoms with Gasteiger partial charge in [-0.15, -0.1) is 0 Å². The maximum Gasteiger partial charge on any atom is 0.303 e. The van der Waals surface area contributed by atoms with E-state index in [0.717, 1.165) is 24.9 Å². The van der Waals surface area contributed by atoms with Crippen LogP contribution >= 0.6 is 23.2 Å². The van der Waals surface area contributed by atoms with Crippen molar-refractivity contribution in [3.8, 4) is 0 Å². The molecule has 0 spiro atoms. The van der Waals surface area contributed by atoms with E-state index in [1.165, 1.54) is 0 Å². The third-order valence-electron chi connectivity index (χ3n) is 3.99. The van der Waals surface area contributed by atoms with Crippen LogP contribution in [0.15, 0.2) is 18.2 Å². The van der Waals surface area contributed by atoms with Gasteiger partial charge in [-0.25, -0.2) is 0 Å². The number of nitrogens with zero attached hydrogens (tertiary/aromatic N) is 1. The summed E-state index contributed by atoms with van der Waals surface area (Å²) in [6, 6.07) is 5.13. The lowest BCUT2D eigenvalue weighted by molar-refractivity contribution is -0.137. The molecule has 1 aliphatic rings. The van der Waals surface area contributed by atoms with Crippen LogP contribution in [0.3, 0.4) is 0 Å². The van der Waals surface area contributed by atoms with Crippen LogP contribution in [0, 0.1) is 5.92 Å². The van der Waals surface area contributed by atoms with Gasteiger partial charge in [-0.2, -0.15) is 0 Å². The fourth-order valence-electron chi connectivity index (χ4n) is 2.79. The standard InChI is InChI=1S/C16H19Cl2NO3/c17-13-5-4-12(14(18)9-13)8-15(20)19-7-1-2-11(10-19)3-6-16(21)22/h4-5,9,11H,1-3,6-8,10H2,(H,21,22). The highest BCUT2D eigenvalue weighted by Gasteiger charge is 2.24. The number of hydrogen-bond acceptors (Lipinski definition) is 2. The first-order valence-electron chi connectivity index (χ1n) is 7.39. The number of halogens is 2. The van der Waals surface area contributed by atoms with Crippen LogP contribution in [-0.4, -0.2) is 35.0 Å². The predicted molar refractivity (Wildman–Crippen MR) is 86.3 cm³/mol. The van der Waals surface area contributed by atoms with Gasteiger partial charge in [0.05, 0.1) is 6.42 Å². The molecule has 1 atom stereocenters. The molecule has 6 heteroatoms. The molecule has 4 nitrogen and oxygen atoms in total. The summed E-state index contributed by atoms with van der Waals surface area (Å²) in [6.45, 7) is 1.37. The molecule has 1 saturated heterocycles. The average molecular weight is 344 g/mol. The predicted octanol–water partition coefficient (Wildman–Crippen LogP) is 3.64. The first kappa shape index (κ1) is 17.1. The Kier molecular flexibility index (Phi) is 6.09. The summed E-state index contributed by atoms with van der Waals surface area (Å²) in [7, 11) is 0. The summed E-state index contributed by atoms with van der Waals surface area (Å²) in [4.78, 5) is 24.9. The fourth-order valence-corrected chi connectivity index (χ4v) is 3.27. The third kappa shape index (κ3) is 4.89. The molecule has 22 heavy (non-hydrogen) atoms. The molecule has 1 N–H and O–H groups in total. The van der Waals surface area contributed by atoms with Crippen LogP contribution in [0.1, 0.15) is 31.2 Å². The highest BCUT2D eigenvalue weighted by atomic mass is 35.5. The van der Waals surface area contributed by atoms with Gasteiger partial charge >= 0.3 is 5.97 Å². The van der Waals surface area contributed by atoms with Crippen LogP contribution in [0.25, 0.3) is 0 Å². The van der Waals surface area contributed by atoms with Gasteiger partial charge < -0.3 is 10.0 Å². The van der Waals surface area contributed by atoms with Gasteiger partial charge in [0.1, 0.15) is 0 Å². The maximum absolute atomic E-state index is 12.4. The summed E-state index contributed by atoms with van der Waals surface area (Å²) in [5, 5.41) is 9.81. The average Bonchev–Trinajstić information content (AvgIpc) is 2.48. The van der Waals surface area contributed by atoms with Crippen molar-refractivity contribution in [3.05, 3.63) is 33.8 Å². The van der Waals surface area contributed by atoms with Crippen molar-refractivity contribution in [2.45, 2.75) is 32.1 Å². The number of benzene rings is 1. The van der Waals surface area contributed by atoms with Gasteiger partial charge in [0.15, 0.2) is 0 Å². The highest BCUT2D eigenvalue weighted by molar-refractivity contribution is 6.35. The first-order valence-corrected chi connectivity index (χ1v) is 8.15. The minimum absolute atomic E-state index is 0.0317. The summed E-state index contributed by atoms with van der Waals surface area (Å²) >= 11 is 12.0. The minimum atomic E-state index is -0.781. The Morgan fingerprint density at radius 2 is 2.09 bits per heavy atom. The van der Waals surface area contributed by atoms with Crippen LogP contribution in [0.2, 0.25) is 10.0 Å². The van der Waals surface area contributed by atoms with Gasteiger partial charge in [-0.05, 0) is 42.9 Å². The van der Waals surface area contributed by atoms with E-state index in [-0.39, 0.29) is 24.7 Å². The molecule has 1 aromatic rings. The molecular weight excluding hydrogens is 325 g/mol. The molecule has 1 aromatic carbocycles. The monoisotopic (exact) mass is 343 g/mol. The number of carboxylic acids is 1. The summed E-state index contributed by atoms with van der Waals surface area (Å²) < 4.78 is 0. The van der Waals surface area contributed by atoms with Gasteiger partial charge in [0, 0.05) is 29.6 Å². The second kappa shape index (κ2) is 7.84. The smallest absolute Gasteiger partial charge is 0.303 e. The first-order chi connectivity index (χ1) is 10.5. The second-order valence-electron chi connectivity index (χ2n) is 5.69. The Hall–Kier alpha value is -1.26. The van der Waals surface area contributed by atoms with Crippen molar-refractivity contribution in [1.82, 2.24) is 4.90 Å². The number of amides is 1. The molecule has 0 aromatic heterocycles. The number of carbonyl (C=O) groups excluding carboxylic acids is 1. The van der Waals surface area contributed by atoms with E-state index >= 15 is 0 Å². The Labute approximate surface area is 140 Å². The molecule has 2 rings (SSSR count). The normalized spacial score (nSPS) is 18.3. The Balaban J connectivity index is 1.92. The lowest BCUT2D eigenvalue weighted by atomic mass is 9.93. The quantitative estimate of drug-likeness (QED) is 0.887. The molecular formula is C16H19Cl2NO3. The molecule has 0 bridgehead atoms. The van der Waals surface area contributed by atoms with Crippen LogP contribution in [0.4, 0.5) is 0 Å². The number of piperidine rings is 1. The Bertz CT molecular complexity index is 562. The lowest BCUT2D eigenvalue weighted by Crippen LogP contribution is -2.40. The molecule has 1 amide bonds. The van der Waals surface area contributed by atoms with Crippen LogP contribution in [0.5, 0.6) is 0 Å². The minimum Gasteiger partial charge on any atom is -0.481 e.